The Morgan fingerprint density at radius 3 is 2.58 bits per heavy atom. The molecule has 0 bridgehead atoms. The van der Waals surface area contributed by atoms with Crippen LogP contribution in [0.5, 0.6) is 5.75 Å². The number of nitrogens with two attached hydrogens (primary N) is 1. The summed E-state index contributed by atoms with van der Waals surface area (Å²) in [5.74, 6) is -0.491. The fourth-order valence-electron chi connectivity index (χ4n) is 2.96. The third kappa shape index (κ3) is 5.01. The molecular weight excluding hydrogens is 439 g/mol. The van der Waals surface area contributed by atoms with Gasteiger partial charge in [-0.1, -0.05) is 12.6 Å². The fourth-order valence-corrected chi connectivity index (χ4v) is 2.96. The molecular formula is C21H16F3N7O2. The van der Waals surface area contributed by atoms with Gasteiger partial charge in [0, 0.05) is 11.4 Å². The van der Waals surface area contributed by atoms with Gasteiger partial charge in [0.15, 0.2) is 17.0 Å². The van der Waals surface area contributed by atoms with E-state index in [0.717, 1.165) is 18.2 Å². The molecule has 2 aromatic carbocycles. The number of amides is 1. The number of anilines is 4. The van der Waals surface area contributed by atoms with E-state index in [-0.39, 0.29) is 23.4 Å². The number of carbonyl (C=O) groups excluding carboxylic acids is 1. The minimum Gasteiger partial charge on any atom is -0.406 e. The van der Waals surface area contributed by atoms with Crippen LogP contribution in [0.4, 0.5) is 36.3 Å². The Morgan fingerprint density at radius 1 is 1.12 bits per heavy atom. The first-order chi connectivity index (χ1) is 15.7. The number of benzene rings is 2. The summed E-state index contributed by atoms with van der Waals surface area (Å²) in [5, 5.41) is 5.57. The summed E-state index contributed by atoms with van der Waals surface area (Å²) in [5.41, 5.74) is 8.38. The number of carbonyl (C=O) groups is 1. The van der Waals surface area contributed by atoms with Crippen LogP contribution >= 0.6 is 0 Å². The van der Waals surface area contributed by atoms with Crippen LogP contribution in [-0.2, 0) is 4.79 Å². The zero-order valence-corrected chi connectivity index (χ0v) is 16.8. The smallest absolute Gasteiger partial charge is 0.406 e. The summed E-state index contributed by atoms with van der Waals surface area (Å²) < 4.78 is 42.5. The second-order valence-electron chi connectivity index (χ2n) is 6.66. The molecule has 2 aromatic heterocycles. The van der Waals surface area contributed by atoms with Crippen LogP contribution in [0, 0.1) is 0 Å². The van der Waals surface area contributed by atoms with Crippen LogP contribution in [0.1, 0.15) is 0 Å². The van der Waals surface area contributed by atoms with Gasteiger partial charge in [0.1, 0.15) is 12.1 Å². The second kappa shape index (κ2) is 8.49. The van der Waals surface area contributed by atoms with Crippen LogP contribution < -0.4 is 21.1 Å². The van der Waals surface area contributed by atoms with Gasteiger partial charge in [0.2, 0.25) is 11.9 Å². The topological polar surface area (TPSA) is 120 Å². The maximum Gasteiger partial charge on any atom is 0.573 e. The van der Waals surface area contributed by atoms with Crippen LogP contribution in [-0.4, -0.2) is 31.8 Å². The number of nitrogen functional groups attached to an aromatic ring is 1. The quantitative estimate of drug-likeness (QED) is 0.373. The number of aromatic nitrogens is 4. The molecule has 33 heavy (non-hydrogen) atoms. The maximum absolute atomic E-state index is 12.3. The normalized spacial score (nSPS) is 11.2. The minimum atomic E-state index is -4.78. The maximum atomic E-state index is 12.3. The van der Waals surface area contributed by atoms with Gasteiger partial charge in [-0.15, -0.1) is 13.2 Å². The SMILES string of the molecule is C=CC(=O)Nc1cccc(-n2cnc3c(N)nc(Nc4ccc(OC(F)(F)F)cc4)nc32)c1. The van der Waals surface area contributed by atoms with Gasteiger partial charge in [0.05, 0.1) is 5.69 Å². The second-order valence-corrected chi connectivity index (χ2v) is 6.66. The Balaban J connectivity index is 1.64. The molecule has 0 aliphatic rings. The Bertz CT molecular complexity index is 1330. The average molecular weight is 455 g/mol. The largest absolute Gasteiger partial charge is 0.573 e. The predicted molar refractivity (Wildman–Crippen MR) is 116 cm³/mol. The molecule has 0 radical (unpaired) electrons. The molecule has 0 atom stereocenters. The number of fused-ring (bicyclic) bond motifs is 1. The molecule has 0 aliphatic heterocycles. The summed E-state index contributed by atoms with van der Waals surface area (Å²) in [7, 11) is 0. The van der Waals surface area contributed by atoms with Gasteiger partial charge >= 0.3 is 6.36 Å². The molecule has 0 unspecified atom stereocenters. The van der Waals surface area contributed by atoms with Crippen molar-refractivity contribution in [1.29, 1.82) is 0 Å². The van der Waals surface area contributed by atoms with Gasteiger partial charge in [-0.25, -0.2) is 4.98 Å². The van der Waals surface area contributed by atoms with Gasteiger partial charge < -0.3 is 21.1 Å². The van der Waals surface area contributed by atoms with Crippen molar-refractivity contribution in [3.8, 4) is 11.4 Å². The minimum absolute atomic E-state index is 0.106. The molecule has 4 aromatic rings. The summed E-state index contributed by atoms with van der Waals surface area (Å²) in [4.78, 5) is 24.4. The van der Waals surface area contributed by atoms with Crippen molar-refractivity contribution in [2.45, 2.75) is 6.36 Å². The summed E-state index contributed by atoms with van der Waals surface area (Å²) in [6.07, 6.45) is -2.11. The molecule has 1 amide bonds. The monoisotopic (exact) mass is 455 g/mol. The molecule has 2 heterocycles. The van der Waals surface area contributed by atoms with Crippen molar-refractivity contribution < 1.29 is 22.7 Å². The van der Waals surface area contributed by atoms with E-state index in [9.17, 15) is 18.0 Å². The first-order valence-electron chi connectivity index (χ1n) is 9.39. The Morgan fingerprint density at radius 2 is 1.88 bits per heavy atom. The third-order valence-electron chi connectivity index (χ3n) is 4.34. The summed E-state index contributed by atoms with van der Waals surface area (Å²) in [6.45, 7) is 3.42. The van der Waals surface area contributed by atoms with E-state index >= 15 is 0 Å². The van der Waals surface area contributed by atoms with Crippen molar-refractivity contribution >= 4 is 40.2 Å². The Kier molecular flexibility index (Phi) is 5.56. The van der Waals surface area contributed by atoms with E-state index < -0.39 is 6.36 Å². The third-order valence-corrected chi connectivity index (χ3v) is 4.34. The first kappa shape index (κ1) is 21.6. The van der Waals surface area contributed by atoms with Crippen LogP contribution in [0.3, 0.4) is 0 Å². The van der Waals surface area contributed by atoms with Crippen LogP contribution in [0.15, 0.2) is 67.5 Å². The molecule has 0 spiro atoms. The highest BCUT2D eigenvalue weighted by Crippen LogP contribution is 2.27. The number of alkyl halides is 3. The molecule has 0 aliphatic carbocycles. The number of ether oxygens (including phenoxy) is 1. The Labute approximate surface area is 184 Å². The molecule has 0 fully saturated rings. The van der Waals surface area contributed by atoms with Crippen molar-refractivity contribution in [3.63, 3.8) is 0 Å². The van der Waals surface area contributed by atoms with Gasteiger partial charge in [-0.2, -0.15) is 9.97 Å². The number of rotatable bonds is 6. The van der Waals surface area contributed by atoms with Gasteiger partial charge in [-0.3, -0.25) is 9.36 Å². The molecule has 168 valence electrons. The van der Waals surface area contributed by atoms with Crippen molar-refractivity contribution in [3.05, 3.63) is 67.5 Å². The van der Waals surface area contributed by atoms with Crippen molar-refractivity contribution in [1.82, 2.24) is 19.5 Å². The number of hydrogen-bond donors (Lipinski definition) is 3. The summed E-state index contributed by atoms with van der Waals surface area (Å²) in [6, 6.07) is 12.0. The highest BCUT2D eigenvalue weighted by molar-refractivity contribution is 5.99. The number of nitrogens with zero attached hydrogens (tertiary/aromatic N) is 4. The highest BCUT2D eigenvalue weighted by Gasteiger charge is 2.31. The van der Waals surface area contributed by atoms with E-state index in [1.165, 1.54) is 18.5 Å². The standard InChI is InChI=1S/C21H16F3N7O2/c1-2-16(32)27-13-4-3-5-14(10-13)31-11-26-17-18(25)29-20(30-19(17)31)28-12-6-8-15(9-7-12)33-21(22,23)24/h2-11H,1H2,(H,27,32)(H3,25,28,29,30). The fraction of sp³-hybridized carbons (Fsp3) is 0.0476. The lowest BCUT2D eigenvalue weighted by Gasteiger charge is -2.11. The van der Waals surface area contributed by atoms with Gasteiger partial charge in [0.25, 0.3) is 0 Å². The van der Waals surface area contributed by atoms with E-state index in [4.69, 9.17) is 5.73 Å². The molecule has 12 heteroatoms. The first-order valence-corrected chi connectivity index (χ1v) is 9.39. The molecule has 9 nitrogen and oxygen atoms in total. The van der Waals surface area contributed by atoms with Crippen molar-refractivity contribution in [2.24, 2.45) is 0 Å². The highest BCUT2D eigenvalue weighted by atomic mass is 19.4. The number of nitrogens with one attached hydrogen (secondary N) is 2. The molecule has 4 N–H and O–H groups in total. The number of halogens is 3. The summed E-state index contributed by atoms with van der Waals surface area (Å²) >= 11 is 0. The van der Waals surface area contributed by atoms with E-state index in [2.05, 4.69) is 36.9 Å². The number of hydrogen-bond acceptors (Lipinski definition) is 7. The van der Waals surface area contributed by atoms with E-state index in [1.807, 2.05) is 0 Å². The zero-order chi connectivity index (χ0) is 23.6. The molecule has 0 saturated carbocycles. The number of imidazole rings is 1. The zero-order valence-electron chi connectivity index (χ0n) is 16.8. The molecule has 0 saturated heterocycles. The molecule has 4 rings (SSSR count). The predicted octanol–water partition coefficient (Wildman–Crippen LogP) is 4.16. The Hall–Kier alpha value is -4.61. The average Bonchev–Trinajstić information content (AvgIpc) is 3.19. The lowest BCUT2D eigenvalue weighted by atomic mass is 10.2. The van der Waals surface area contributed by atoms with Crippen molar-refractivity contribution in [2.75, 3.05) is 16.4 Å². The van der Waals surface area contributed by atoms with Crippen LogP contribution in [0.2, 0.25) is 0 Å². The van der Waals surface area contributed by atoms with Gasteiger partial charge in [-0.05, 0) is 48.5 Å². The van der Waals surface area contributed by atoms with Crippen LogP contribution in [0.25, 0.3) is 16.9 Å². The lowest BCUT2D eigenvalue weighted by Crippen LogP contribution is -2.17. The van der Waals surface area contributed by atoms with E-state index in [0.29, 0.717) is 28.2 Å². The lowest BCUT2D eigenvalue weighted by molar-refractivity contribution is -0.274. The van der Waals surface area contributed by atoms with E-state index in [1.54, 1.807) is 28.8 Å².